The average molecular weight is 451 g/mol. The van der Waals surface area contributed by atoms with E-state index in [-0.39, 0.29) is 11.8 Å². The van der Waals surface area contributed by atoms with Crippen molar-refractivity contribution in [2.45, 2.75) is 90.9 Å². The monoisotopic (exact) mass is 450 g/mol. The molecule has 0 aliphatic carbocycles. The highest BCUT2D eigenvalue weighted by Gasteiger charge is 2.44. The summed E-state index contributed by atoms with van der Waals surface area (Å²) in [7, 11) is 0. The Morgan fingerprint density at radius 3 is 1.36 bits per heavy atom. The molecule has 4 heteroatoms. The molecule has 2 N–H and O–H groups in total. The van der Waals surface area contributed by atoms with Gasteiger partial charge in [0.05, 0.1) is 0 Å². The van der Waals surface area contributed by atoms with Crippen molar-refractivity contribution in [3.05, 3.63) is 60.7 Å². The smallest absolute Gasteiger partial charge is 0.240 e. The summed E-state index contributed by atoms with van der Waals surface area (Å²) < 4.78 is 0. The summed E-state index contributed by atoms with van der Waals surface area (Å²) in [6, 6.07) is 18.9. The van der Waals surface area contributed by atoms with E-state index in [1.54, 1.807) is 0 Å². The molecule has 180 valence electrons. The molecule has 2 aromatic carbocycles. The molecule has 2 amide bonds. The second kappa shape index (κ2) is 15.3. The van der Waals surface area contributed by atoms with Gasteiger partial charge in [-0.3, -0.25) is 9.59 Å². The molecule has 0 unspecified atom stereocenters. The summed E-state index contributed by atoms with van der Waals surface area (Å²) in [4.78, 5) is 27.4. The van der Waals surface area contributed by atoms with Gasteiger partial charge in [0, 0.05) is 11.4 Å². The van der Waals surface area contributed by atoms with Gasteiger partial charge in [-0.2, -0.15) is 0 Å². The Morgan fingerprint density at radius 1 is 0.576 bits per heavy atom. The normalized spacial score (nSPS) is 11.2. The van der Waals surface area contributed by atoms with Crippen molar-refractivity contribution in [3.63, 3.8) is 0 Å². The number of benzene rings is 2. The lowest BCUT2D eigenvalue weighted by atomic mass is 9.75. The zero-order valence-corrected chi connectivity index (χ0v) is 20.6. The van der Waals surface area contributed by atoms with Gasteiger partial charge in [0.25, 0.3) is 0 Å². The van der Waals surface area contributed by atoms with Crippen LogP contribution in [0.25, 0.3) is 0 Å². The predicted molar refractivity (Wildman–Crippen MR) is 139 cm³/mol. The molecule has 0 saturated heterocycles. The SMILES string of the molecule is CCCCCCCCC(CCCCCC)(C(=O)Nc1ccccc1)C(=O)Nc1ccccc1. The number of hydrogen-bond donors (Lipinski definition) is 2. The number of para-hydroxylation sites is 2. The lowest BCUT2D eigenvalue weighted by Gasteiger charge is -2.32. The van der Waals surface area contributed by atoms with Gasteiger partial charge in [0.15, 0.2) is 0 Å². The van der Waals surface area contributed by atoms with Gasteiger partial charge in [-0.05, 0) is 37.1 Å². The van der Waals surface area contributed by atoms with Gasteiger partial charge < -0.3 is 10.6 Å². The van der Waals surface area contributed by atoms with Crippen molar-refractivity contribution >= 4 is 23.2 Å². The van der Waals surface area contributed by atoms with Crippen molar-refractivity contribution in [1.29, 1.82) is 0 Å². The Bertz CT molecular complexity index is 751. The van der Waals surface area contributed by atoms with Crippen LogP contribution in [0.15, 0.2) is 60.7 Å². The van der Waals surface area contributed by atoms with Crippen LogP contribution in [0.5, 0.6) is 0 Å². The van der Waals surface area contributed by atoms with Gasteiger partial charge in [0.1, 0.15) is 5.41 Å². The van der Waals surface area contributed by atoms with E-state index in [4.69, 9.17) is 0 Å². The molecular formula is C29H42N2O2. The van der Waals surface area contributed by atoms with E-state index < -0.39 is 5.41 Å². The highest BCUT2D eigenvalue weighted by molar-refractivity contribution is 6.14. The van der Waals surface area contributed by atoms with Crippen LogP contribution in [0.1, 0.15) is 90.9 Å². The minimum Gasteiger partial charge on any atom is -0.325 e. The molecule has 33 heavy (non-hydrogen) atoms. The summed E-state index contributed by atoms with van der Waals surface area (Å²) in [5.74, 6) is -0.376. The number of carbonyl (C=O) groups excluding carboxylic acids is 2. The Kier molecular flexibility index (Phi) is 12.3. The zero-order valence-electron chi connectivity index (χ0n) is 20.6. The summed E-state index contributed by atoms with van der Waals surface area (Å²) in [6.07, 6.45) is 12.0. The van der Waals surface area contributed by atoms with Crippen LogP contribution in [-0.4, -0.2) is 11.8 Å². The maximum Gasteiger partial charge on any atom is 0.240 e. The number of carbonyl (C=O) groups is 2. The van der Waals surface area contributed by atoms with Gasteiger partial charge in [-0.25, -0.2) is 0 Å². The topological polar surface area (TPSA) is 58.2 Å². The number of nitrogens with one attached hydrogen (secondary N) is 2. The fraction of sp³-hybridized carbons (Fsp3) is 0.517. The van der Waals surface area contributed by atoms with E-state index in [9.17, 15) is 9.59 Å². The van der Waals surface area contributed by atoms with Gasteiger partial charge in [-0.1, -0.05) is 114 Å². The fourth-order valence-electron chi connectivity index (χ4n) is 4.29. The van der Waals surface area contributed by atoms with Crippen molar-refractivity contribution in [3.8, 4) is 0 Å². The molecule has 0 saturated carbocycles. The van der Waals surface area contributed by atoms with Crippen molar-refractivity contribution < 1.29 is 9.59 Å². The third kappa shape index (κ3) is 9.03. The highest BCUT2D eigenvalue weighted by atomic mass is 16.2. The minimum atomic E-state index is -1.08. The Hall–Kier alpha value is -2.62. The van der Waals surface area contributed by atoms with E-state index in [2.05, 4.69) is 24.5 Å². The molecule has 0 aliphatic rings. The second-order valence-electron chi connectivity index (χ2n) is 9.05. The third-order valence-corrected chi connectivity index (χ3v) is 6.35. The molecule has 4 nitrogen and oxygen atoms in total. The van der Waals surface area contributed by atoms with Crippen LogP contribution in [0.2, 0.25) is 0 Å². The lowest BCUT2D eigenvalue weighted by molar-refractivity contribution is -0.138. The quantitative estimate of drug-likeness (QED) is 0.201. The van der Waals surface area contributed by atoms with Crippen LogP contribution < -0.4 is 10.6 Å². The van der Waals surface area contributed by atoms with Crippen molar-refractivity contribution in [1.82, 2.24) is 0 Å². The summed E-state index contributed by atoms with van der Waals surface area (Å²) in [5.41, 5.74) is 0.385. The van der Waals surface area contributed by atoms with E-state index >= 15 is 0 Å². The van der Waals surface area contributed by atoms with E-state index in [1.807, 2.05) is 60.7 Å². The summed E-state index contributed by atoms with van der Waals surface area (Å²) in [5, 5.41) is 6.10. The van der Waals surface area contributed by atoms with Crippen LogP contribution in [-0.2, 0) is 9.59 Å². The molecule has 2 aromatic rings. The molecular weight excluding hydrogens is 408 g/mol. The van der Waals surface area contributed by atoms with E-state index in [1.165, 1.54) is 19.3 Å². The largest absolute Gasteiger partial charge is 0.325 e. The molecule has 0 spiro atoms. The fourth-order valence-corrected chi connectivity index (χ4v) is 4.29. The first-order valence-corrected chi connectivity index (χ1v) is 12.9. The molecule has 0 aromatic heterocycles. The third-order valence-electron chi connectivity index (χ3n) is 6.35. The highest BCUT2D eigenvalue weighted by Crippen LogP contribution is 2.35. The molecule has 0 fully saturated rings. The Labute approximate surface area is 200 Å². The van der Waals surface area contributed by atoms with Gasteiger partial charge in [-0.15, -0.1) is 0 Å². The first-order valence-electron chi connectivity index (χ1n) is 12.9. The standard InChI is InChI=1S/C29H42N2O2/c1-3-5-7-9-10-18-24-29(23-17-8-6-4-2,27(32)30-25-19-13-11-14-20-25)28(33)31-26-21-15-12-16-22-26/h11-16,19-22H,3-10,17-18,23-24H2,1-2H3,(H,30,32)(H,31,33). The maximum atomic E-state index is 13.7. The first kappa shape index (κ1) is 26.6. The molecule has 0 atom stereocenters. The summed E-state index contributed by atoms with van der Waals surface area (Å²) in [6.45, 7) is 4.39. The van der Waals surface area contributed by atoms with Crippen LogP contribution in [0, 0.1) is 5.41 Å². The predicted octanol–water partition coefficient (Wildman–Crippen LogP) is 7.97. The lowest BCUT2D eigenvalue weighted by Crippen LogP contribution is -2.46. The second-order valence-corrected chi connectivity index (χ2v) is 9.05. The maximum absolute atomic E-state index is 13.7. The van der Waals surface area contributed by atoms with Crippen molar-refractivity contribution in [2.75, 3.05) is 10.6 Å². The molecule has 0 aliphatic heterocycles. The number of amides is 2. The zero-order chi connectivity index (χ0) is 23.8. The number of rotatable bonds is 16. The number of hydrogen-bond acceptors (Lipinski definition) is 2. The van der Waals surface area contributed by atoms with Crippen LogP contribution in [0.4, 0.5) is 11.4 Å². The van der Waals surface area contributed by atoms with E-state index in [0.717, 1.165) is 56.3 Å². The molecule has 2 rings (SSSR count). The van der Waals surface area contributed by atoms with Gasteiger partial charge in [0.2, 0.25) is 11.8 Å². The average Bonchev–Trinajstić information content (AvgIpc) is 2.84. The summed E-state index contributed by atoms with van der Waals surface area (Å²) >= 11 is 0. The molecule has 0 radical (unpaired) electrons. The number of anilines is 2. The Morgan fingerprint density at radius 2 is 0.939 bits per heavy atom. The molecule has 0 heterocycles. The number of unbranched alkanes of at least 4 members (excludes halogenated alkanes) is 8. The van der Waals surface area contributed by atoms with Crippen LogP contribution >= 0.6 is 0 Å². The first-order chi connectivity index (χ1) is 16.1. The Balaban J connectivity index is 2.24. The van der Waals surface area contributed by atoms with Crippen molar-refractivity contribution in [2.24, 2.45) is 5.41 Å². The minimum absolute atomic E-state index is 0.188. The van der Waals surface area contributed by atoms with Crippen LogP contribution in [0.3, 0.4) is 0 Å². The van der Waals surface area contributed by atoms with Gasteiger partial charge >= 0.3 is 0 Å². The van der Waals surface area contributed by atoms with E-state index in [0.29, 0.717) is 12.8 Å². The molecule has 0 bridgehead atoms.